The molecule has 0 heterocycles. The van der Waals surface area contributed by atoms with Crippen molar-refractivity contribution in [2.45, 2.75) is 12.3 Å². The molecular weight excluding hydrogens is 331 g/mol. The van der Waals surface area contributed by atoms with Gasteiger partial charge in [0.1, 0.15) is 11.6 Å². The topological polar surface area (TPSA) is 9.23 Å². The SMILES string of the molecule is COc1cc(C)c(Br)cc1C(Cl)c1cccc(F)c1. The Bertz CT molecular complexity index is 601. The van der Waals surface area contributed by atoms with Crippen LogP contribution in [-0.4, -0.2) is 7.11 Å². The Kier molecular flexibility index (Phi) is 4.48. The van der Waals surface area contributed by atoms with E-state index < -0.39 is 5.38 Å². The van der Waals surface area contributed by atoms with Gasteiger partial charge in [-0.1, -0.05) is 28.1 Å². The maximum atomic E-state index is 13.3. The molecule has 0 N–H and O–H groups in total. The van der Waals surface area contributed by atoms with E-state index in [1.165, 1.54) is 12.1 Å². The molecule has 2 aromatic carbocycles. The Morgan fingerprint density at radius 2 is 2.00 bits per heavy atom. The smallest absolute Gasteiger partial charge is 0.124 e. The van der Waals surface area contributed by atoms with Gasteiger partial charge in [0.2, 0.25) is 0 Å². The number of hydrogen-bond donors (Lipinski definition) is 0. The first-order chi connectivity index (χ1) is 9.02. The van der Waals surface area contributed by atoms with E-state index in [1.54, 1.807) is 19.2 Å². The first-order valence-corrected chi connectivity index (χ1v) is 6.99. The second-order valence-corrected chi connectivity index (χ2v) is 5.55. The predicted octanol–water partition coefficient (Wildman–Crippen LogP) is 5.23. The van der Waals surface area contributed by atoms with Crippen molar-refractivity contribution in [1.29, 1.82) is 0 Å². The minimum absolute atomic E-state index is 0.298. The number of hydrogen-bond acceptors (Lipinski definition) is 1. The van der Waals surface area contributed by atoms with Crippen LogP contribution in [0.25, 0.3) is 0 Å². The monoisotopic (exact) mass is 342 g/mol. The number of aryl methyl sites for hydroxylation is 1. The Labute approximate surface area is 125 Å². The predicted molar refractivity (Wildman–Crippen MR) is 79.5 cm³/mol. The van der Waals surface area contributed by atoms with Crippen LogP contribution in [0.5, 0.6) is 5.75 Å². The van der Waals surface area contributed by atoms with Gasteiger partial charge in [-0.05, 0) is 42.3 Å². The quantitative estimate of drug-likeness (QED) is 0.693. The van der Waals surface area contributed by atoms with Crippen molar-refractivity contribution in [2.24, 2.45) is 0 Å². The van der Waals surface area contributed by atoms with Gasteiger partial charge in [0.05, 0.1) is 12.5 Å². The van der Waals surface area contributed by atoms with Crippen molar-refractivity contribution in [1.82, 2.24) is 0 Å². The lowest BCUT2D eigenvalue weighted by molar-refractivity contribution is 0.409. The molecule has 0 aromatic heterocycles. The zero-order chi connectivity index (χ0) is 14.0. The summed E-state index contributed by atoms with van der Waals surface area (Å²) in [6.45, 7) is 1.97. The average Bonchev–Trinajstić information content (AvgIpc) is 2.40. The number of halogens is 3. The number of rotatable bonds is 3. The van der Waals surface area contributed by atoms with Crippen molar-refractivity contribution in [2.75, 3.05) is 7.11 Å². The minimum Gasteiger partial charge on any atom is -0.496 e. The maximum Gasteiger partial charge on any atom is 0.124 e. The molecule has 0 spiro atoms. The summed E-state index contributed by atoms with van der Waals surface area (Å²) in [6, 6.07) is 10.1. The Hall–Kier alpha value is -1.06. The summed E-state index contributed by atoms with van der Waals surface area (Å²) in [5.41, 5.74) is 2.58. The molecule has 0 aliphatic heterocycles. The maximum absolute atomic E-state index is 13.3. The third-order valence-electron chi connectivity index (χ3n) is 2.93. The van der Waals surface area contributed by atoms with E-state index >= 15 is 0 Å². The number of alkyl halides is 1. The summed E-state index contributed by atoms with van der Waals surface area (Å²) in [6.07, 6.45) is 0. The van der Waals surface area contributed by atoms with E-state index in [9.17, 15) is 4.39 Å². The molecule has 0 bridgehead atoms. The fourth-order valence-electron chi connectivity index (χ4n) is 1.89. The molecule has 2 rings (SSSR count). The molecule has 0 amide bonds. The van der Waals surface area contributed by atoms with Crippen LogP contribution in [-0.2, 0) is 0 Å². The van der Waals surface area contributed by atoms with Crippen molar-refractivity contribution in [3.63, 3.8) is 0 Å². The van der Waals surface area contributed by atoms with Gasteiger partial charge in [-0.3, -0.25) is 0 Å². The Morgan fingerprint density at radius 1 is 1.26 bits per heavy atom. The molecule has 0 radical (unpaired) electrons. The third-order valence-corrected chi connectivity index (χ3v) is 4.27. The summed E-state index contributed by atoms with van der Waals surface area (Å²) in [7, 11) is 1.60. The lowest BCUT2D eigenvalue weighted by atomic mass is 10.0. The van der Waals surface area contributed by atoms with Gasteiger partial charge in [0.25, 0.3) is 0 Å². The molecule has 2 aromatic rings. The molecule has 0 fully saturated rings. The van der Waals surface area contributed by atoms with Crippen molar-refractivity contribution in [3.8, 4) is 5.75 Å². The molecule has 0 saturated carbocycles. The molecule has 4 heteroatoms. The van der Waals surface area contributed by atoms with E-state index in [0.29, 0.717) is 11.3 Å². The fourth-order valence-corrected chi connectivity index (χ4v) is 2.56. The zero-order valence-electron chi connectivity index (χ0n) is 10.6. The van der Waals surface area contributed by atoms with Crippen LogP contribution in [0.1, 0.15) is 22.1 Å². The number of benzene rings is 2. The van der Waals surface area contributed by atoms with Gasteiger partial charge in [0, 0.05) is 10.0 Å². The molecule has 1 nitrogen and oxygen atoms in total. The summed E-state index contributed by atoms with van der Waals surface area (Å²) in [5.74, 6) is 0.401. The number of ether oxygens (including phenoxy) is 1. The number of methoxy groups -OCH3 is 1. The third kappa shape index (κ3) is 3.10. The minimum atomic E-state index is -0.456. The second-order valence-electron chi connectivity index (χ2n) is 4.26. The lowest BCUT2D eigenvalue weighted by Crippen LogP contribution is -1.99. The van der Waals surface area contributed by atoms with E-state index in [0.717, 1.165) is 15.6 Å². The highest BCUT2D eigenvalue weighted by molar-refractivity contribution is 9.10. The molecule has 0 saturated heterocycles. The first kappa shape index (κ1) is 14.4. The highest BCUT2D eigenvalue weighted by Gasteiger charge is 2.17. The summed E-state index contributed by atoms with van der Waals surface area (Å²) in [5, 5.41) is -0.456. The van der Waals surface area contributed by atoms with Gasteiger partial charge >= 0.3 is 0 Å². The Balaban J connectivity index is 2.49. The molecule has 1 unspecified atom stereocenters. The fraction of sp³-hybridized carbons (Fsp3) is 0.200. The highest BCUT2D eigenvalue weighted by Crippen LogP contribution is 2.38. The molecule has 1 atom stereocenters. The summed E-state index contributed by atoms with van der Waals surface area (Å²) < 4.78 is 19.6. The van der Waals surface area contributed by atoms with Crippen molar-refractivity contribution < 1.29 is 9.13 Å². The summed E-state index contributed by atoms with van der Waals surface area (Å²) >= 11 is 9.92. The van der Waals surface area contributed by atoms with E-state index in [-0.39, 0.29) is 5.82 Å². The van der Waals surface area contributed by atoms with Crippen LogP contribution < -0.4 is 4.74 Å². The van der Waals surface area contributed by atoms with Crippen LogP contribution in [0.4, 0.5) is 4.39 Å². The molecule has 0 aliphatic rings. The molecule has 100 valence electrons. The van der Waals surface area contributed by atoms with E-state index in [1.807, 2.05) is 19.1 Å². The molecule has 19 heavy (non-hydrogen) atoms. The van der Waals surface area contributed by atoms with Gasteiger partial charge in [-0.25, -0.2) is 4.39 Å². The summed E-state index contributed by atoms with van der Waals surface area (Å²) in [4.78, 5) is 0. The van der Waals surface area contributed by atoms with Crippen molar-refractivity contribution in [3.05, 3.63) is 63.4 Å². The molecular formula is C15H13BrClFO. The van der Waals surface area contributed by atoms with Gasteiger partial charge in [-0.15, -0.1) is 11.6 Å². The van der Waals surface area contributed by atoms with Crippen molar-refractivity contribution >= 4 is 27.5 Å². The van der Waals surface area contributed by atoms with Gasteiger partial charge in [-0.2, -0.15) is 0 Å². The normalized spacial score (nSPS) is 12.3. The van der Waals surface area contributed by atoms with Crippen LogP contribution in [0.2, 0.25) is 0 Å². The van der Waals surface area contributed by atoms with E-state index in [2.05, 4.69) is 15.9 Å². The average molecular weight is 344 g/mol. The second kappa shape index (κ2) is 5.93. The Morgan fingerprint density at radius 3 is 2.63 bits per heavy atom. The van der Waals surface area contributed by atoms with Crippen LogP contribution in [0.15, 0.2) is 40.9 Å². The lowest BCUT2D eigenvalue weighted by Gasteiger charge is -2.16. The van der Waals surface area contributed by atoms with Gasteiger partial charge in [0.15, 0.2) is 0 Å². The highest BCUT2D eigenvalue weighted by atomic mass is 79.9. The van der Waals surface area contributed by atoms with Crippen LogP contribution >= 0.6 is 27.5 Å². The first-order valence-electron chi connectivity index (χ1n) is 5.76. The van der Waals surface area contributed by atoms with Crippen LogP contribution in [0.3, 0.4) is 0 Å². The van der Waals surface area contributed by atoms with E-state index in [4.69, 9.17) is 16.3 Å². The zero-order valence-corrected chi connectivity index (χ0v) is 12.9. The largest absolute Gasteiger partial charge is 0.496 e. The standard InChI is InChI=1S/C15H13BrClFO/c1-9-6-14(19-2)12(8-13(9)16)15(17)10-4-3-5-11(18)7-10/h3-8,15H,1-2H3. The van der Waals surface area contributed by atoms with Gasteiger partial charge < -0.3 is 4.74 Å². The van der Waals surface area contributed by atoms with Crippen LogP contribution in [0, 0.1) is 12.7 Å². The molecule has 0 aliphatic carbocycles.